The van der Waals surface area contributed by atoms with E-state index in [1.807, 2.05) is 6.92 Å². The predicted molar refractivity (Wildman–Crippen MR) is 72.4 cm³/mol. The van der Waals surface area contributed by atoms with Crippen LogP contribution in [0.15, 0.2) is 12.1 Å². The van der Waals surface area contributed by atoms with Crippen LogP contribution in [-0.4, -0.2) is 25.9 Å². The van der Waals surface area contributed by atoms with Crippen LogP contribution in [0.4, 0.5) is 0 Å². The van der Waals surface area contributed by atoms with Crippen LogP contribution in [0, 0.1) is 0 Å². The van der Waals surface area contributed by atoms with E-state index in [2.05, 4.69) is 31.3 Å². The molecule has 0 amide bonds. The van der Waals surface area contributed by atoms with Gasteiger partial charge in [0.15, 0.2) is 0 Å². The van der Waals surface area contributed by atoms with Crippen LogP contribution in [0.3, 0.4) is 0 Å². The first-order chi connectivity index (χ1) is 8.11. The van der Waals surface area contributed by atoms with Gasteiger partial charge in [-0.1, -0.05) is 13.8 Å². The Labute approximate surface area is 108 Å². The van der Waals surface area contributed by atoms with Crippen molar-refractivity contribution >= 4 is 11.3 Å². The molecular weight excluding hydrogens is 234 g/mol. The zero-order chi connectivity index (χ0) is 12.7. The molecule has 0 spiro atoms. The van der Waals surface area contributed by atoms with Crippen LogP contribution in [0.2, 0.25) is 0 Å². The Morgan fingerprint density at radius 1 is 1.24 bits per heavy atom. The number of rotatable bonds is 8. The van der Waals surface area contributed by atoms with E-state index in [0.29, 0.717) is 19.3 Å². The van der Waals surface area contributed by atoms with E-state index in [-0.39, 0.29) is 6.10 Å². The van der Waals surface area contributed by atoms with E-state index < -0.39 is 0 Å². The first-order valence-corrected chi connectivity index (χ1v) is 6.85. The Kier molecular flexibility index (Phi) is 6.73. The predicted octanol–water partition coefficient (Wildman–Crippen LogP) is 2.80. The van der Waals surface area contributed by atoms with Crippen molar-refractivity contribution in [3.8, 4) is 0 Å². The number of nitrogens with one attached hydrogen (secondary N) is 1. The fourth-order valence-corrected chi connectivity index (χ4v) is 2.30. The summed E-state index contributed by atoms with van der Waals surface area (Å²) in [7, 11) is 1.70. The summed E-state index contributed by atoms with van der Waals surface area (Å²) in [5, 5.41) is 3.41. The Balaban J connectivity index is 2.30. The van der Waals surface area contributed by atoms with Gasteiger partial charge in [-0.15, -0.1) is 11.3 Å². The minimum Gasteiger partial charge on any atom is -0.382 e. The average Bonchev–Trinajstić information content (AvgIpc) is 2.72. The molecule has 3 nitrogen and oxygen atoms in total. The van der Waals surface area contributed by atoms with Crippen molar-refractivity contribution in [3.05, 3.63) is 21.9 Å². The largest absolute Gasteiger partial charge is 0.382 e. The van der Waals surface area contributed by atoms with Gasteiger partial charge in [0.1, 0.15) is 0 Å². The minimum atomic E-state index is 0.152. The maximum Gasteiger partial charge on any atom is 0.0814 e. The number of hydrogen-bond donors (Lipinski definition) is 1. The molecule has 1 aromatic rings. The highest BCUT2D eigenvalue weighted by Crippen LogP contribution is 2.18. The molecular formula is C13H23NO2S. The molecule has 0 aliphatic heterocycles. The third-order valence-corrected chi connectivity index (χ3v) is 3.37. The third-order valence-electron chi connectivity index (χ3n) is 2.31. The van der Waals surface area contributed by atoms with Gasteiger partial charge in [-0.2, -0.15) is 0 Å². The molecule has 1 aromatic heterocycles. The van der Waals surface area contributed by atoms with E-state index in [9.17, 15) is 0 Å². The molecule has 1 heterocycles. The molecule has 0 aromatic carbocycles. The average molecular weight is 257 g/mol. The third kappa shape index (κ3) is 6.17. The van der Waals surface area contributed by atoms with Gasteiger partial charge < -0.3 is 14.8 Å². The van der Waals surface area contributed by atoms with Crippen LogP contribution in [-0.2, 0) is 22.6 Å². The quantitative estimate of drug-likeness (QED) is 0.777. The van der Waals surface area contributed by atoms with Gasteiger partial charge in [-0.25, -0.2) is 0 Å². The van der Waals surface area contributed by atoms with Gasteiger partial charge in [0.2, 0.25) is 0 Å². The molecule has 4 heteroatoms. The van der Waals surface area contributed by atoms with E-state index in [1.165, 1.54) is 9.75 Å². The molecule has 0 fully saturated rings. The Hall–Kier alpha value is -0.420. The van der Waals surface area contributed by atoms with Gasteiger partial charge in [0, 0.05) is 29.5 Å². The molecule has 0 aliphatic rings. The summed E-state index contributed by atoms with van der Waals surface area (Å²) in [4.78, 5) is 2.63. The summed E-state index contributed by atoms with van der Waals surface area (Å²) >= 11 is 1.81. The topological polar surface area (TPSA) is 30.5 Å². The second kappa shape index (κ2) is 7.82. The zero-order valence-corrected chi connectivity index (χ0v) is 12.0. The SMILES string of the molecule is COCC(C)OCc1ccc(CNC(C)C)s1. The number of hydrogen-bond acceptors (Lipinski definition) is 4. The smallest absolute Gasteiger partial charge is 0.0814 e. The Morgan fingerprint density at radius 2 is 1.94 bits per heavy atom. The monoisotopic (exact) mass is 257 g/mol. The lowest BCUT2D eigenvalue weighted by Crippen LogP contribution is -2.21. The lowest BCUT2D eigenvalue weighted by atomic mass is 10.3. The highest BCUT2D eigenvalue weighted by molar-refractivity contribution is 7.11. The molecule has 1 N–H and O–H groups in total. The maximum atomic E-state index is 5.67. The number of methoxy groups -OCH3 is 1. The summed E-state index contributed by atoms with van der Waals surface area (Å²) in [5.41, 5.74) is 0. The van der Waals surface area contributed by atoms with E-state index in [0.717, 1.165) is 6.54 Å². The maximum absolute atomic E-state index is 5.67. The van der Waals surface area contributed by atoms with Crippen LogP contribution in [0.5, 0.6) is 0 Å². The fourth-order valence-electron chi connectivity index (χ4n) is 1.41. The first-order valence-electron chi connectivity index (χ1n) is 6.03. The highest BCUT2D eigenvalue weighted by atomic mass is 32.1. The van der Waals surface area contributed by atoms with Crippen LogP contribution in [0.25, 0.3) is 0 Å². The van der Waals surface area contributed by atoms with Gasteiger partial charge in [-0.05, 0) is 19.1 Å². The molecule has 1 rings (SSSR count). The van der Waals surface area contributed by atoms with Crippen molar-refractivity contribution in [1.29, 1.82) is 0 Å². The highest BCUT2D eigenvalue weighted by Gasteiger charge is 2.04. The van der Waals surface area contributed by atoms with Gasteiger partial charge in [0.05, 0.1) is 19.3 Å². The molecule has 0 saturated heterocycles. The van der Waals surface area contributed by atoms with Gasteiger partial charge >= 0.3 is 0 Å². The zero-order valence-electron chi connectivity index (χ0n) is 11.2. The summed E-state index contributed by atoms with van der Waals surface area (Å²) in [5.74, 6) is 0. The molecule has 1 unspecified atom stereocenters. The molecule has 0 bridgehead atoms. The Morgan fingerprint density at radius 3 is 2.59 bits per heavy atom. The van der Waals surface area contributed by atoms with E-state index >= 15 is 0 Å². The molecule has 98 valence electrons. The summed E-state index contributed by atoms with van der Waals surface area (Å²) in [6.07, 6.45) is 0.152. The minimum absolute atomic E-state index is 0.152. The first kappa shape index (κ1) is 14.6. The summed E-state index contributed by atoms with van der Waals surface area (Å²) in [6.45, 7) is 8.60. The standard InChI is InChI=1S/C13H23NO2S/c1-10(2)14-7-12-5-6-13(17-12)9-16-11(3)8-15-4/h5-6,10-11,14H,7-9H2,1-4H3. The second-order valence-electron chi connectivity index (χ2n) is 4.48. The number of thiophene rings is 1. The molecule has 1 atom stereocenters. The van der Waals surface area contributed by atoms with Gasteiger partial charge in [-0.3, -0.25) is 0 Å². The second-order valence-corrected chi connectivity index (χ2v) is 5.73. The van der Waals surface area contributed by atoms with Crippen LogP contribution < -0.4 is 5.32 Å². The van der Waals surface area contributed by atoms with Crippen molar-refractivity contribution in [2.75, 3.05) is 13.7 Å². The van der Waals surface area contributed by atoms with E-state index in [1.54, 1.807) is 18.4 Å². The normalized spacial score (nSPS) is 13.2. The number of ether oxygens (including phenoxy) is 2. The van der Waals surface area contributed by atoms with Crippen LogP contribution >= 0.6 is 11.3 Å². The fraction of sp³-hybridized carbons (Fsp3) is 0.692. The van der Waals surface area contributed by atoms with E-state index in [4.69, 9.17) is 9.47 Å². The summed E-state index contributed by atoms with van der Waals surface area (Å²) in [6, 6.07) is 4.83. The molecule has 0 radical (unpaired) electrons. The lowest BCUT2D eigenvalue weighted by Gasteiger charge is -2.10. The van der Waals surface area contributed by atoms with Crippen molar-refractivity contribution in [2.45, 2.75) is 46.1 Å². The Bertz CT molecular complexity index is 312. The van der Waals surface area contributed by atoms with Crippen molar-refractivity contribution in [2.24, 2.45) is 0 Å². The summed E-state index contributed by atoms with van der Waals surface area (Å²) < 4.78 is 10.7. The van der Waals surface area contributed by atoms with Crippen LogP contribution in [0.1, 0.15) is 30.5 Å². The molecule has 0 saturated carbocycles. The molecule has 17 heavy (non-hydrogen) atoms. The lowest BCUT2D eigenvalue weighted by molar-refractivity contribution is 0.000927. The van der Waals surface area contributed by atoms with Crippen molar-refractivity contribution in [1.82, 2.24) is 5.32 Å². The van der Waals surface area contributed by atoms with Crippen molar-refractivity contribution < 1.29 is 9.47 Å². The molecule has 0 aliphatic carbocycles. The van der Waals surface area contributed by atoms with Crippen molar-refractivity contribution in [3.63, 3.8) is 0 Å². The van der Waals surface area contributed by atoms with Gasteiger partial charge in [0.25, 0.3) is 0 Å².